The quantitative estimate of drug-likeness (QED) is 0.690. The van der Waals surface area contributed by atoms with Crippen molar-refractivity contribution >= 4 is 32.6 Å². The average molecular weight is 234 g/mol. The van der Waals surface area contributed by atoms with E-state index in [4.69, 9.17) is 11.5 Å². The molecule has 1 heterocycles. The molecule has 5 N–H and O–H groups in total. The third kappa shape index (κ3) is 2.29. The van der Waals surface area contributed by atoms with Gasteiger partial charge in [-0.1, -0.05) is 23.5 Å². The molecule has 0 unspecified atom stereocenters. The van der Waals surface area contributed by atoms with Crippen LogP contribution >= 0.6 is 11.3 Å². The Hall–Kier alpha value is -2.08. The number of carbonyl (C=O) groups is 1. The highest BCUT2D eigenvalue weighted by molar-refractivity contribution is 7.22. The summed E-state index contributed by atoms with van der Waals surface area (Å²) in [5.74, 6) is -0.405. The number of anilines is 1. The molecule has 2 rings (SSSR count). The second-order valence-electron chi connectivity index (χ2n) is 3.11. The minimum Gasteiger partial charge on any atom is -0.385 e. The Morgan fingerprint density at radius 1 is 1.38 bits per heavy atom. The first-order chi connectivity index (χ1) is 7.65. The molecule has 0 aliphatic rings. The topological polar surface area (TPSA) is 94.0 Å². The van der Waals surface area contributed by atoms with Gasteiger partial charge < -0.3 is 16.8 Å². The molecule has 0 radical (unpaired) electrons. The number of carbonyl (C=O) groups excluding carboxylic acids is 1. The van der Waals surface area contributed by atoms with E-state index < -0.39 is 5.91 Å². The van der Waals surface area contributed by atoms with Gasteiger partial charge in [-0.05, 0) is 12.1 Å². The van der Waals surface area contributed by atoms with E-state index in [1.54, 1.807) is 0 Å². The van der Waals surface area contributed by atoms with Crippen LogP contribution < -0.4 is 16.8 Å². The number of nitrogens with two attached hydrogens (primary N) is 2. The molecular formula is C10H10N4OS. The van der Waals surface area contributed by atoms with E-state index in [-0.39, 0.29) is 5.82 Å². The number of fused-ring (bicyclic) bond motifs is 1. The van der Waals surface area contributed by atoms with Gasteiger partial charge in [-0.2, -0.15) is 0 Å². The van der Waals surface area contributed by atoms with Crippen LogP contribution in [0.5, 0.6) is 0 Å². The Kier molecular flexibility index (Phi) is 2.74. The van der Waals surface area contributed by atoms with Gasteiger partial charge in [-0.15, -0.1) is 0 Å². The third-order valence-electron chi connectivity index (χ3n) is 1.84. The second kappa shape index (κ2) is 4.19. The van der Waals surface area contributed by atoms with Crippen molar-refractivity contribution < 1.29 is 4.79 Å². The second-order valence-corrected chi connectivity index (χ2v) is 4.14. The highest BCUT2D eigenvalue weighted by Gasteiger charge is 2.03. The summed E-state index contributed by atoms with van der Waals surface area (Å²) in [5.41, 5.74) is 11.4. The van der Waals surface area contributed by atoms with Crippen LogP contribution in [0.1, 0.15) is 0 Å². The number of hydrogen-bond donors (Lipinski definition) is 3. The molecule has 6 heteroatoms. The SMILES string of the molecule is NC(=O)/C=C(/N)Nc1nc2ccccc2s1. The summed E-state index contributed by atoms with van der Waals surface area (Å²) in [6.07, 6.45) is 1.12. The molecule has 5 nitrogen and oxygen atoms in total. The van der Waals surface area contributed by atoms with Gasteiger partial charge in [-0.25, -0.2) is 4.98 Å². The number of para-hydroxylation sites is 1. The largest absolute Gasteiger partial charge is 0.385 e. The van der Waals surface area contributed by atoms with Gasteiger partial charge in [0.25, 0.3) is 0 Å². The van der Waals surface area contributed by atoms with Gasteiger partial charge in [0.15, 0.2) is 5.13 Å². The molecule has 0 atom stereocenters. The molecule has 2 aromatic rings. The van der Waals surface area contributed by atoms with Crippen LogP contribution in [0.15, 0.2) is 36.2 Å². The Morgan fingerprint density at radius 3 is 2.81 bits per heavy atom. The van der Waals surface area contributed by atoms with E-state index in [1.165, 1.54) is 11.3 Å². The van der Waals surface area contributed by atoms with Crippen LogP contribution in [-0.2, 0) is 4.79 Å². The van der Waals surface area contributed by atoms with Crippen LogP contribution in [0, 0.1) is 0 Å². The normalized spacial score (nSPS) is 11.6. The lowest BCUT2D eigenvalue weighted by Gasteiger charge is -1.99. The molecule has 0 fully saturated rings. The van der Waals surface area contributed by atoms with Crippen molar-refractivity contribution in [1.82, 2.24) is 4.98 Å². The van der Waals surface area contributed by atoms with Gasteiger partial charge in [0.1, 0.15) is 5.82 Å². The monoisotopic (exact) mass is 234 g/mol. The van der Waals surface area contributed by atoms with Crippen LogP contribution in [0.25, 0.3) is 10.2 Å². The molecule has 0 aliphatic carbocycles. The van der Waals surface area contributed by atoms with Crippen molar-refractivity contribution in [3.63, 3.8) is 0 Å². The molecule has 0 aliphatic heterocycles. The van der Waals surface area contributed by atoms with E-state index in [0.29, 0.717) is 5.13 Å². The number of aromatic nitrogens is 1. The maximum absolute atomic E-state index is 10.6. The summed E-state index contributed by atoms with van der Waals surface area (Å²) in [5, 5.41) is 3.44. The lowest BCUT2D eigenvalue weighted by molar-refractivity contribution is -0.113. The van der Waals surface area contributed by atoms with Crippen LogP contribution in [0.2, 0.25) is 0 Å². The van der Waals surface area contributed by atoms with Crippen LogP contribution in [-0.4, -0.2) is 10.9 Å². The fourth-order valence-corrected chi connectivity index (χ4v) is 2.12. The van der Waals surface area contributed by atoms with E-state index in [2.05, 4.69) is 10.3 Å². The maximum Gasteiger partial charge on any atom is 0.245 e. The Morgan fingerprint density at radius 2 is 2.12 bits per heavy atom. The van der Waals surface area contributed by atoms with E-state index in [9.17, 15) is 4.79 Å². The van der Waals surface area contributed by atoms with Crippen molar-refractivity contribution in [3.8, 4) is 0 Å². The number of amides is 1. The first-order valence-electron chi connectivity index (χ1n) is 4.54. The molecule has 82 valence electrons. The number of hydrogen-bond acceptors (Lipinski definition) is 5. The maximum atomic E-state index is 10.6. The van der Waals surface area contributed by atoms with Crippen molar-refractivity contribution in [2.75, 3.05) is 5.32 Å². The predicted octanol–water partition coefficient (Wildman–Crippen LogP) is 0.994. The predicted molar refractivity (Wildman–Crippen MR) is 64.7 cm³/mol. The van der Waals surface area contributed by atoms with Gasteiger partial charge >= 0.3 is 0 Å². The van der Waals surface area contributed by atoms with Crippen molar-refractivity contribution in [1.29, 1.82) is 0 Å². The molecule has 1 aromatic carbocycles. The highest BCUT2D eigenvalue weighted by atomic mass is 32.1. The van der Waals surface area contributed by atoms with E-state index >= 15 is 0 Å². The number of nitrogens with zero attached hydrogens (tertiary/aromatic N) is 1. The summed E-state index contributed by atoms with van der Waals surface area (Å²) in [6, 6.07) is 7.72. The van der Waals surface area contributed by atoms with Gasteiger partial charge in [0, 0.05) is 6.08 Å². The molecule has 16 heavy (non-hydrogen) atoms. The molecule has 0 bridgehead atoms. The fourth-order valence-electron chi connectivity index (χ4n) is 1.24. The van der Waals surface area contributed by atoms with Crippen molar-refractivity contribution in [3.05, 3.63) is 36.2 Å². The van der Waals surface area contributed by atoms with Crippen LogP contribution in [0.4, 0.5) is 5.13 Å². The number of benzene rings is 1. The van der Waals surface area contributed by atoms with E-state index in [1.807, 2.05) is 24.3 Å². The molecule has 0 saturated carbocycles. The molecular weight excluding hydrogens is 224 g/mol. The third-order valence-corrected chi connectivity index (χ3v) is 2.79. The molecule has 0 saturated heterocycles. The molecule has 1 aromatic heterocycles. The molecule has 1 amide bonds. The summed E-state index contributed by atoms with van der Waals surface area (Å²) in [7, 11) is 0. The summed E-state index contributed by atoms with van der Waals surface area (Å²) in [4.78, 5) is 14.9. The zero-order valence-electron chi connectivity index (χ0n) is 8.31. The van der Waals surface area contributed by atoms with E-state index in [0.717, 1.165) is 16.3 Å². The molecule has 0 spiro atoms. The zero-order chi connectivity index (χ0) is 11.5. The van der Waals surface area contributed by atoms with Crippen molar-refractivity contribution in [2.45, 2.75) is 0 Å². The Labute approximate surface area is 95.8 Å². The first-order valence-corrected chi connectivity index (χ1v) is 5.36. The number of primary amides is 1. The first kappa shape index (κ1) is 10.4. The summed E-state index contributed by atoms with van der Waals surface area (Å²) in [6.45, 7) is 0. The average Bonchev–Trinajstić information content (AvgIpc) is 2.57. The lowest BCUT2D eigenvalue weighted by atomic mass is 10.3. The lowest BCUT2D eigenvalue weighted by Crippen LogP contribution is -2.15. The van der Waals surface area contributed by atoms with Gasteiger partial charge in [-0.3, -0.25) is 4.79 Å². The van der Waals surface area contributed by atoms with Gasteiger partial charge in [0.2, 0.25) is 5.91 Å². The smallest absolute Gasteiger partial charge is 0.245 e. The fraction of sp³-hybridized carbons (Fsp3) is 0. The zero-order valence-corrected chi connectivity index (χ0v) is 9.12. The number of thiazole rings is 1. The number of rotatable bonds is 3. The Bertz CT molecular complexity index is 528. The summed E-state index contributed by atoms with van der Waals surface area (Å²) >= 11 is 1.46. The summed E-state index contributed by atoms with van der Waals surface area (Å²) < 4.78 is 1.05. The van der Waals surface area contributed by atoms with Gasteiger partial charge in [0.05, 0.1) is 10.2 Å². The van der Waals surface area contributed by atoms with Crippen LogP contribution in [0.3, 0.4) is 0 Å². The highest BCUT2D eigenvalue weighted by Crippen LogP contribution is 2.25. The minimum absolute atomic E-state index is 0.187. The van der Waals surface area contributed by atoms with Crippen molar-refractivity contribution in [2.24, 2.45) is 11.5 Å². The Balaban J connectivity index is 2.25. The minimum atomic E-state index is -0.592. The standard InChI is InChI=1S/C10H10N4OS/c11-8(5-9(12)15)14-10-13-6-3-1-2-4-7(6)16-10/h1-5H,11H2,(H2,12,15)(H,13,14)/b8-5-. The number of nitrogens with one attached hydrogen (secondary N) is 1.